The Bertz CT molecular complexity index is 1070. The van der Waals surface area contributed by atoms with Gasteiger partial charge in [0.25, 0.3) is 0 Å². The molecule has 0 bridgehead atoms. The molecule has 2 aromatic rings. The third-order valence-electron chi connectivity index (χ3n) is 7.75. The molecule has 1 aromatic heterocycles. The number of benzene rings is 1. The van der Waals surface area contributed by atoms with E-state index >= 15 is 0 Å². The van der Waals surface area contributed by atoms with E-state index in [-0.39, 0.29) is 17.1 Å². The van der Waals surface area contributed by atoms with Crippen molar-refractivity contribution in [1.29, 1.82) is 0 Å². The molecule has 3 aliphatic rings. The molecule has 1 amide bonds. The van der Waals surface area contributed by atoms with Crippen LogP contribution in [0.15, 0.2) is 36.5 Å². The molecule has 8 heteroatoms. The van der Waals surface area contributed by atoms with Crippen LogP contribution in [0.1, 0.15) is 37.6 Å². The van der Waals surface area contributed by atoms with Crippen LogP contribution in [0.25, 0.3) is 0 Å². The minimum absolute atomic E-state index is 0.141. The van der Waals surface area contributed by atoms with Gasteiger partial charge in [0.1, 0.15) is 5.82 Å². The highest BCUT2D eigenvalue weighted by atomic mass is 19.1. The van der Waals surface area contributed by atoms with E-state index in [0.29, 0.717) is 31.6 Å². The van der Waals surface area contributed by atoms with Gasteiger partial charge in [-0.1, -0.05) is 26.0 Å². The number of pyridine rings is 1. The quantitative estimate of drug-likeness (QED) is 0.664. The van der Waals surface area contributed by atoms with Crippen LogP contribution in [0.2, 0.25) is 0 Å². The standard InChI is InChI=1S/C28H38FN5O2/c1-20-16-33(24(14-30-20)17-32-8-10-36-11-9-32)18-27(35)34-19-28(2,3)25-15-31-23(13-26(25)34)12-21-4-6-22(29)7-5-21/h4-7,13,15,20,24,30H,8-12,14,16-19H2,1-3H3/t20-,24-/m1/s1. The molecule has 2 fully saturated rings. The third kappa shape index (κ3) is 5.62. The van der Waals surface area contributed by atoms with Gasteiger partial charge in [-0.15, -0.1) is 0 Å². The molecule has 7 nitrogen and oxygen atoms in total. The number of nitrogens with one attached hydrogen (secondary N) is 1. The van der Waals surface area contributed by atoms with Crippen LogP contribution < -0.4 is 10.2 Å². The second-order valence-electron chi connectivity index (χ2n) is 11.2. The Hall–Kier alpha value is -2.39. The Morgan fingerprint density at radius 2 is 1.97 bits per heavy atom. The summed E-state index contributed by atoms with van der Waals surface area (Å²) in [6.07, 6.45) is 2.53. The van der Waals surface area contributed by atoms with Crippen molar-refractivity contribution in [2.75, 3.05) is 63.9 Å². The van der Waals surface area contributed by atoms with Crippen LogP contribution in [0.4, 0.5) is 10.1 Å². The van der Waals surface area contributed by atoms with E-state index in [1.165, 1.54) is 12.1 Å². The molecule has 194 valence electrons. The average molecular weight is 496 g/mol. The van der Waals surface area contributed by atoms with E-state index in [9.17, 15) is 9.18 Å². The van der Waals surface area contributed by atoms with Crippen LogP contribution in [0, 0.1) is 5.82 Å². The summed E-state index contributed by atoms with van der Waals surface area (Å²) in [4.78, 5) is 25.3. The summed E-state index contributed by atoms with van der Waals surface area (Å²) in [7, 11) is 0. The number of ether oxygens (including phenoxy) is 1. The van der Waals surface area contributed by atoms with Crippen LogP contribution >= 0.6 is 0 Å². The summed E-state index contributed by atoms with van der Waals surface area (Å²) in [5.41, 5.74) is 3.80. The smallest absolute Gasteiger partial charge is 0.241 e. The van der Waals surface area contributed by atoms with Gasteiger partial charge in [-0.25, -0.2) is 4.39 Å². The van der Waals surface area contributed by atoms with Crippen molar-refractivity contribution >= 4 is 11.6 Å². The maximum atomic E-state index is 13.8. The second kappa shape index (κ2) is 10.5. The second-order valence-corrected chi connectivity index (χ2v) is 11.2. The van der Waals surface area contributed by atoms with E-state index in [2.05, 4.69) is 42.0 Å². The Morgan fingerprint density at radius 3 is 2.72 bits per heavy atom. The molecule has 0 spiro atoms. The zero-order chi connectivity index (χ0) is 25.3. The first-order valence-electron chi connectivity index (χ1n) is 13.1. The largest absolute Gasteiger partial charge is 0.379 e. The molecular formula is C28H38FN5O2. The number of carbonyl (C=O) groups is 1. The number of aromatic nitrogens is 1. The molecule has 1 aromatic carbocycles. The highest BCUT2D eigenvalue weighted by Crippen LogP contribution is 2.40. The first kappa shape index (κ1) is 25.3. The Labute approximate surface area is 213 Å². The molecule has 0 saturated carbocycles. The lowest BCUT2D eigenvalue weighted by Gasteiger charge is -2.42. The molecule has 3 aliphatic heterocycles. The molecule has 2 atom stereocenters. The molecule has 0 aliphatic carbocycles. The zero-order valence-corrected chi connectivity index (χ0v) is 21.7. The summed E-state index contributed by atoms with van der Waals surface area (Å²) >= 11 is 0. The molecule has 36 heavy (non-hydrogen) atoms. The summed E-state index contributed by atoms with van der Waals surface area (Å²) < 4.78 is 18.8. The van der Waals surface area contributed by atoms with Gasteiger partial charge < -0.3 is 15.0 Å². The first-order chi connectivity index (χ1) is 17.3. The number of amides is 1. The maximum Gasteiger partial charge on any atom is 0.241 e. The highest BCUT2D eigenvalue weighted by molar-refractivity contribution is 5.97. The highest BCUT2D eigenvalue weighted by Gasteiger charge is 2.40. The summed E-state index contributed by atoms with van der Waals surface area (Å²) in [6, 6.07) is 9.23. The van der Waals surface area contributed by atoms with E-state index < -0.39 is 0 Å². The molecule has 2 saturated heterocycles. The van der Waals surface area contributed by atoms with E-state index in [1.54, 1.807) is 12.1 Å². The van der Waals surface area contributed by atoms with Crippen LogP contribution in [0.5, 0.6) is 0 Å². The van der Waals surface area contributed by atoms with Gasteiger partial charge in [0.15, 0.2) is 0 Å². The number of nitrogens with zero attached hydrogens (tertiary/aromatic N) is 4. The minimum Gasteiger partial charge on any atom is -0.379 e. The molecular weight excluding hydrogens is 457 g/mol. The number of fused-ring (bicyclic) bond motifs is 1. The van der Waals surface area contributed by atoms with Crippen molar-refractivity contribution in [1.82, 2.24) is 20.1 Å². The number of rotatable bonds is 6. The monoisotopic (exact) mass is 495 g/mol. The number of hydrogen-bond donors (Lipinski definition) is 1. The van der Waals surface area contributed by atoms with E-state index in [1.807, 2.05) is 11.1 Å². The van der Waals surface area contributed by atoms with Crippen molar-refractivity contribution in [2.24, 2.45) is 0 Å². The summed E-state index contributed by atoms with van der Waals surface area (Å²) in [5, 5.41) is 3.60. The molecule has 1 N–H and O–H groups in total. The minimum atomic E-state index is -0.242. The maximum absolute atomic E-state index is 13.8. The lowest BCUT2D eigenvalue weighted by molar-refractivity contribution is -0.121. The predicted octanol–water partition coefficient (Wildman–Crippen LogP) is 2.43. The fourth-order valence-electron chi connectivity index (χ4n) is 5.67. The summed E-state index contributed by atoms with van der Waals surface area (Å²) in [6.45, 7) is 13.8. The Morgan fingerprint density at radius 1 is 1.22 bits per heavy atom. The fourth-order valence-corrected chi connectivity index (χ4v) is 5.67. The number of anilines is 1. The normalized spacial score (nSPS) is 24.6. The van der Waals surface area contributed by atoms with Crippen LogP contribution in [-0.2, 0) is 21.4 Å². The van der Waals surface area contributed by atoms with Gasteiger partial charge >= 0.3 is 0 Å². The average Bonchev–Trinajstić information content (AvgIpc) is 3.13. The Balaban J connectivity index is 1.32. The van der Waals surface area contributed by atoms with Crippen molar-refractivity contribution in [3.63, 3.8) is 0 Å². The molecule has 4 heterocycles. The molecule has 0 unspecified atom stereocenters. The first-order valence-corrected chi connectivity index (χ1v) is 13.1. The summed E-state index contributed by atoms with van der Waals surface area (Å²) in [5.74, 6) is -0.102. The van der Waals surface area contributed by atoms with Crippen molar-refractivity contribution < 1.29 is 13.9 Å². The third-order valence-corrected chi connectivity index (χ3v) is 7.75. The van der Waals surface area contributed by atoms with Crippen LogP contribution in [-0.4, -0.2) is 91.8 Å². The fraction of sp³-hybridized carbons (Fsp3) is 0.571. The van der Waals surface area contributed by atoms with Gasteiger partial charge in [-0.2, -0.15) is 0 Å². The Kier molecular flexibility index (Phi) is 7.40. The lowest BCUT2D eigenvalue weighted by Crippen LogP contribution is -2.61. The van der Waals surface area contributed by atoms with Crippen molar-refractivity contribution in [3.8, 4) is 0 Å². The number of piperazine rings is 1. The lowest BCUT2D eigenvalue weighted by atomic mass is 9.88. The van der Waals surface area contributed by atoms with Gasteiger partial charge in [-0.05, 0) is 30.7 Å². The van der Waals surface area contributed by atoms with Gasteiger partial charge in [0.05, 0.1) is 25.4 Å². The van der Waals surface area contributed by atoms with E-state index in [0.717, 1.165) is 68.4 Å². The number of hydrogen-bond acceptors (Lipinski definition) is 6. The topological polar surface area (TPSA) is 60.9 Å². The zero-order valence-electron chi connectivity index (χ0n) is 21.7. The van der Waals surface area contributed by atoms with E-state index in [4.69, 9.17) is 9.72 Å². The molecule has 0 radical (unpaired) electrons. The van der Waals surface area contributed by atoms with Gasteiger partial charge in [0, 0.05) is 80.6 Å². The predicted molar refractivity (Wildman–Crippen MR) is 139 cm³/mol. The van der Waals surface area contributed by atoms with Gasteiger partial charge in [0.2, 0.25) is 5.91 Å². The van der Waals surface area contributed by atoms with Crippen molar-refractivity contribution in [3.05, 3.63) is 59.2 Å². The molecule has 5 rings (SSSR count). The number of morpholine rings is 1. The number of halogens is 1. The number of carbonyl (C=O) groups excluding carboxylic acids is 1. The van der Waals surface area contributed by atoms with Crippen molar-refractivity contribution in [2.45, 2.75) is 44.7 Å². The van der Waals surface area contributed by atoms with Gasteiger partial charge in [-0.3, -0.25) is 19.6 Å². The van der Waals surface area contributed by atoms with Crippen LogP contribution in [0.3, 0.4) is 0 Å². The SMILES string of the molecule is C[C@@H]1CN(CC(=O)N2CC(C)(C)c3cnc(Cc4ccc(F)cc4)cc32)[C@@H](CN2CCOCC2)CN1.